The zero-order valence-corrected chi connectivity index (χ0v) is 22.5. The summed E-state index contributed by atoms with van der Waals surface area (Å²) in [4.78, 5) is 27.6. The van der Waals surface area contributed by atoms with Crippen LogP contribution in [-0.2, 0) is 37.0 Å². The fourth-order valence-electron chi connectivity index (χ4n) is 5.68. The van der Waals surface area contributed by atoms with Crippen LogP contribution in [0.15, 0.2) is 102 Å². The minimum absolute atomic E-state index is 0.108. The number of ether oxygens (including phenoxy) is 3. The van der Waals surface area contributed by atoms with Crippen LogP contribution in [0.25, 0.3) is 0 Å². The summed E-state index contributed by atoms with van der Waals surface area (Å²) in [6.45, 7) is 2.38. The molecule has 3 aromatic carbocycles. The van der Waals surface area contributed by atoms with Gasteiger partial charge in [0.15, 0.2) is 5.41 Å². The average Bonchev–Trinajstić information content (AvgIpc) is 3.40. The van der Waals surface area contributed by atoms with Crippen LogP contribution < -0.4 is 0 Å². The summed E-state index contributed by atoms with van der Waals surface area (Å²) >= 11 is 0. The van der Waals surface area contributed by atoms with Crippen LogP contribution in [0.5, 0.6) is 0 Å². The molecule has 5 rings (SSSR count). The first kappa shape index (κ1) is 26.9. The topological polar surface area (TPSA) is 61.8 Å². The summed E-state index contributed by atoms with van der Waals surface area (Å²) in [5.41, 5.74) is 3.66. The Bertz CT molecular complexity index is 1230. The van der Waals surface area contributed by atoms with Crippen molar-refractivity contribution < 1.29 is 23.8 Å². The lowest BCUT2D eigenvalue weighted by Gasteiger charge is -2.32. The van der Waals surface area contributed by atoms with E-state index in [4.69, 9.17) is 14.2 Å². The highest BCUT2D eigenvalue weighted by atomic mass is 16.6. The summed E-state index contributed by atoms with van der Waals surface area (Å²) in [5.74, 6) is -1.05. The van der Waals surface area contributed by atoms with E-state index in [2.05, 4.69) is 19.1 Å². The van der Waals surface area contributed by atoms with E-state index in [1.807, 2.05) is 78.9 Å². The zero-order valence-electron chi connectivity index (χ0n) is 22.5. The van der Waals surface area contributed by atoms with Crippen molar-refractivity contribution in [2.45, 2.75) is 70.9 Å². The second-order valence-corrected chi connectivity index (χ2v) is 10.6. The molecule has 0 fully saturated rings. The molecule has 0 saturated heterocycles. The van der Waals surface area contributed by atoms with Crippen LogP contribution in [0.3, 0.4) is 0 Å². The van der Waals surface area contributed by atoms with E-state index in [0.29, 0.717) is 12.8 Å². The van der Waals surface area contributed by atoms with Gasteiger partial charge in [-0.25, -0.2) is 0 Å². The van der Waals surface area contributed by atoms with E-state index < -0.39 is 17.4 Å². The van der Waals surface area contributed by atoms with Gasteiger partial charge in [0.2, 0.25) is 0 Å². The third kappa shape index (κ3) is 6.15. The minimum atomic E-state index is -1.41. The van der Waals surface area contributed by atoms with E-state index in [1.54, 1.807) is 0 Å². The van der Waals surface area contributed by atoms with Crippen molar-refractivity contribution >= 4 is 11.9 Å². The van der Waals surface area contributed by atoms with Gasteiger partial charge in [0.25, 0.3) is 0 Å². The van der Waals surface area contributed by atoms with Crippen molar-refractivity contribution in [2.75, 3.05) is 0 Å². The molecular formula is C34H36O5. The molecule has 39 heavy (non-hydrogen) atoms. The number of hydrogen-bond acceptors (Lipinski definition) is 5. The average molecular weight is 525 g/mol. The van der Waals surface area contributed by atoms with Crippen LogP contribution in [0.4, 0.5) is 0 Å². The van der Waals surface area contributed by atoms with Crippen LogP contribution in [0.2, 0.25) is 0 Å². The minimum Gasteiger partial charge on any atom is -0.460 e. The lowest BCUT2D eigenvalue weighted by atomic mass is 9.82. The van der Waals surface area contributed by atoms with Crippen molar-refractivity contribution in [3.8, 4) is 0 Å². The molecule has 1 heterocycles. The Morgan fingerprint density at radius 2 is 1.33 bits per heavy atom. The number of esters is 2. The van der Waals surface area contributed by atoms with Crippen LogP contribution >= 0.6 is 0 Å². The van der Waals surface area contributed by atoms with Crippen molar-refractivity contribution in [1.82, 2.24) is 0 Å². The third-order valence-electron chi connectivity index (χ3n) is 7.81. The Balaban J connectivity index is 1.41. The largest absolute Gasteiger partial charge is 0.460 e. The molecule has 2 atom stereocenters. The second kappa shape index (κ2) is 12.4. The van der Waals surface area contributed by atoms with E-state index >= 15 is 0 Å². The predicted molar refractivity (Wildman–Crippen MR) is 149 cm³/mol. The molecule has 1 aliphatic carbocycles. The van der Waals surface area contributed by atoms with Crippen LogP contribution in [0, 0.1) is 5.41 Å². The van der Waals surface area contributed by atoms with Crippen LogP contribution in [0.1, 0.15) is 68.2 Å². The highest BCUT2D eigenvalue weighted by molar-refractivity contribution is 6.01. The Morgan fingerprint density at radius 1 is 0.795 bits per heavy atom. The van der Waals surface area contributed by atoms with Gasteiger partial charge >= 0.3 is 11.9 Å². The Kier molecular flexibility index (Phi) is 8.58. The Morgan fingerprint density at radius 3 is 1.87 bits per heavy atom. The summed E-state index contributed by atoms with van der Waals surface area (Å²) in [6, 6.07) is 29.3. The lowest BCUT2D eigenvalue weighted by Crippen LogP contribution is -2.40. The molecule has 0 spiro atoms. The van der Waals surface area contributed by atoms with Crippen molar-refractivity contribution in [2.24, 2.45) is 5.41 Å². The van der Waals surface area contributed by atoms with Gasteiger partial charge in [0.1, 0.15) is 13.2 Å². The number of hydrogen-bond donors (Lipinski definition) is 0. The molecule has 3 aromatic rings. The molecule has 0 aromatic heterocycles. The fourth-order valence-corrected chi connectivity index (χ4v) is 5.68. The van der Waals surface area contributed by atoms with Crippen LogP contribution in [-0.4, -0.2) is 18.0 Å². The number of carbonyl (C=O) groups is 2. The maximum absolute atomic E-state index is 13.8. The predicted octanol–water partition coefficient (Wildman–Crippen LogP) is 7.27. The molecule has 5 nitrogen and oxygen atoms in total. The highest BCUT2D eigenvalue weighted by Crippen LogP contribution is 2.52. The van der Waals surface area contributed by atoms with E-state index in [9.17, 15) is 9.59 Å². The van der Waals surface area contributed by atoms with Crippen molar-refractivity contribution in [3.63, 3.8) is 0 Å². The van der Waals surface area contributed by atoms with Gasteiger partial charge in [-0.15, -0.1) is 0 Å². The molecule has 0 bridgehead atoms. The van der Waals surface area contributed by atoms with Gasteiger partial charge in [-0.2, -0.15) is 0 Å². The molecule has 0 amide bonds. The molecule has 0 N–H and O–H groups in total. The third-order valence-corrected chi connectivity index (χ3v) is 7.81. The van der Waals surface area contributed by atoms with E-state index in [-0.39, 0.29) is 31.8 Å². The fraction of sp³-hybridized carbons (Fsp3) is 0.353. The first-order chi connectivity index (χ1) is 19.1. The molecule has 0 unspecified atom stereocenters. The monoisotopic (exact) mass is 524 g/mol. The van der Waals surface area contributed by atoms with Crippen molar-refractivity contribution in [1.29, 1.82) is 0 Å². The summed E-state index contributed by atoms with van der Waals surface area (Å²) in [5, 5.41) is 0. The molecular weight excluding hydrogens is 488 g/mol. The summed E-state index contributed by atoms with van der Waals surface area (Å²) < 4.78 is 18.3. The Hall–Kier alpha value is -3.70. The quantitative estimate of drug-likeness (QED) is 0.159. The molecule has 2 aliphatic rings. The van der Waals surface area contributed by atoms with E-state index in [1.165, 1.54) is 0 Å². The molecule has 1 aliphatic heterocycles. The van der Waals surface area contributed by atoms with Gasteiger partial charge < -0.3 is 14.2 Å². The first-order valence-electron chi connectivity index (χ1n) is 13.9. The standard InChI is InChI=1S/C34H36O5/c1-2-3-19-30-29-22-34(32(35)37-23-25-13-7-4-8-14-25,33(36)38-24-26-15-9-5-10-16-26)21-28(29)20-31(39-30)27-17-11-6-12-18-27/h4-18,30-31H,2-3,19-24H2,1H3/t30-,31-/m1/s1. The number of rotatable bonds is 10. The van der Waals surface area contributed by atoms with Gasteiger partial charge in [0.05, 0.1) is 12.2 Å². The number of benzene rings is 3. The Labute approximate surface area is 230 Å². The zero-order chi connectivity index (χ0) is 27.1. The van der Waals surface area contributed by atoms with Crippen molar-refractivity contribution in [3.05, 3.63) is 119 Å². The van der Waals surface area contributed by atoms with Gasteiger partial charge in [-0.1, -0.05) is 116 Å². The second-order valence-electron chi connectivity index (χ2n) is 10.6. The maximum Gasteiger partial charge on any atom is 0.324 e. The summed E-state index contributed by atoms with van der Waals surface area (Å²) in [6.07, 6.45) is 3.90. The first-order valence-corrected chi connectivity index (χ1v) is 13.9. The number of unbranched alkanes of at least 4 members (excludes halogenated alkanes) is 1. The highest BCUT2D eigenvalue weighted by Gasteiger charge is 2.56. The molecule has 5 heteroatoms. The van der Waals surface area contributed by atoms with Gasteiger partial charge in [-0.3, -0.25) is 9.59 Å². The molecule has 202 valence electrons. The van der Waals surface area contributed by atoms with Gasteiger partial charge in [0, 0.05) is 0 Å². The number of carbonyl (C=O) groups excluding carboxylic acids is 2. The van der Waals surface area contributed by atoms with Gasteiger partial charge in [-0.05, 0) is 47.9 Å². The molecule has 0 radical (unpaired) electrons. The SMILES string of the molecule is CCCC[C@H]1O[C@@H](c2ccccc2)CC2=C1CC(C(=O)OCc1ccccc1)(C(=O)OCc1ccccc1)C2. The smallest absolute Gasteiger partial charge is 0.324 e. The van der Waals surface area contributed by atoms with E-state index in [0.717, 1.165) is 47.1 Å². The lowest BCUT2D eigenvalue weighted by molar-refractivity contribution is -0.173. The maximum atomic E-state index is 13.8. The summed E-state index contributed by atoms with van der Waals surface area (Å²) in [7, 11) is 0. The normalized spacial score (nSPS) is 19.8. The molecule has 0 saturated carbocycles.